The van der Waals surface area contributed by atoms with Gasteiger partial charge in [-0.3, -0.25) is 4.79 Å². The van der Waals surface area contributed by atoms with E-state index in [-0.39, 0.29) is 0 Å². The van der Waals surface area contributed by atoms with Gasteiger partial charge in [0.15, 0.2) is 6.10 Å². The second kappa shape index (κ2) is 9.83. The van der Waals surface area contributed by atoms with Crippen LogP contribution >= 0.6 is 0 Å². The van der Waals surface area contributed by atoms with Gasteiger partial charge in [0, 0.05) is 5.56 Å². The molecule has 3 aromatic carbocycles. The van der Waals surface area contributed by atoms with Crippen molar-refractivity contribution in [3.8, 4) is 11.8 Å². The van der Waals surface area contributed by atoms with Crippen molar-refractivity contribution in [1.82, 2.24) is 5.43 Å². The standard InChI is InChI=1S/C23H19N3O3/c24-14-19-8-4-5-9-20(19)16-29-21-12-10-17(11-13-21)15-25-26-23(28)22(27)18-6-2-1-3-7-18/h1-13,15,22,27H,16H2,(H,26,28)/b25-15-/t22-/m0/s1. The van der Waals surface area contributed by atoms with Gasteiger partial charge in [0.1, 0.15) is 12.4 Å². The van der Waals surface area contributed by atoms with Crippen molar-refractivity contribution in [2.45, 2.75) is 12.7 Å². The number of hydrazone groups is 1. The van der Waals surface area contributed by atoms with E-state index in [0.29, 0.717) is 23.5 Å². The molecule has 0 fully saturated rings. The van der Waals surface area contributed by atoms with Crippen molar-refractivity contribution in [2.24, 2.45) is 5.10 Å². The Bertz CT molecular complexity index is 1030. The third kappa shape index (κ3) is 5.51. The first-order valence-electron chi connectivity index (χ1n) is 8.94. The smallest absolute Gasteiger partial charge is 0.273 e. The predicted octanol–water partition coefficient (Wildman–Crippen LogP) is 3.32. The van der Waals surface area contributed by atoms with Crippen LogP contribution in [0.15, 0.2) is 84.0 Å². The minimum absolute atomic E-state index is 0.296. The number of aliphatic hydroxyl groups is 1. The van der Waals surface area contributed by atoms with Crippen LogP contribution in [0.4, 0.5) is 0 Å². The summed E-state index contributed by atoms with van der Waals surface area (Å²) in [7, 11) is 0. The Morgan fingerprint density at radius 2 is 1.76 bits per heavy atom. The molecule has 29 heavy (non-hydrogen) atoms. The Balaban J connectivity index is 1.52. The third-order valence-electron chi connectivity index (χ3n) is 4.16. The first-order chi connectivity index (χ1) is 14.2. The maximum atomic E-state index is 11.9. The van der Waals surface area contributed by atoms with E-state index < -0.39 is 12.0 Å². The molecule has 0 bridgehead atoms. The lowest BCUT2D eigenvalue weighted by molar-refractivity contribution is -0.129. The quantitative estimate of drug-likeness (QED) is 0.482. The van der Waals surface area contributed by atoms with E-state index >= 15 is 0 Å². The van der Waals surface area contributed by atoms with Crippen molar-refractivity contribution in [3.63, 3.8) is 0 Å². The average Bonchev–Trinajstić information content (AvgIpc) is 2.78. The Hall–Kier alpha value is -3.95. The van der Waals surface area contributed by atoms with Gasteiger partial charge in [0.05, 0.1) is 17.8 Å². The zero-order valence-electron chi connectivity index (χ0n) is 15.5. The Kier molecular flexibility index (Phi) is 6.71. The number of carbonyl (C=O) groups excluding carboxylic acids is 1. The largest absolute Gasteiger partial charge is 0.489 e. The van der Waals surface area contributed by atoms with Crippen LogP contribution in [-0.4, -0.2) is 17.2 Å². The van der Waals surface area contributed by atoms with Crippen LogP contribution in [0, 0.1) is 11.3 Å². The SMILES string of the molecule is N#Cc1ccccc1COc1ccc(/C=N\NC(=O)[C@@H](O)c2ccccc2)cc1. The summed E-state index contributed by atoms with van der Waals surface area (Å²) in [5.74, 6) is 0.0435. The molecule has 0 aliphatic rings. The highest BCUT2D eigenvalue weighted by atomic mass is 16.5. The van der Waals surface area contributed by atoms with E-state index in [2.05, 4.69) is 16.6 Å². The highest BCUT2D eigenvalue weighted by molar-refractivity contribution is 5.85. The minimum Gasteiger partial charge on any atom is -0.489 e. The molecule has 0 aliphatic carbocycles. The third-order valence-corrected chi connectivity index (χ3v) is 4.16. The molecule has 0 saturated carbocycles. The van der Waals surface area contributed by atoms with Gasteiger partial charge in [-0.25, -0.2) is 5.43 Å². The molecule has 6 heteroatoms. The Morgan fingerprint density at radius 1 is 1.07 bits per heavy atom. The van der Waals surface area contributed by atoms with Gasteiger partial charge in [-0.15, -0.1) is 0 Å². The first-order valence-corrected chi connectivity index (χ1v) is 8.94. The fourth-order valence-electron chi connectivity index (χ4n) is 2.58. The molecule has 0 heterocycles. The van der Waals surface area contributed by atoms with Gasteiger partial charge in [-0.05, 0) is 41.5 Å². The summed E-state index contributed by atoms with van der Waals surface area (Å²) in [6, 6.07) is 25.2. The van der Waals surface area contributed by atoms with Crippen LogP contribution in [0.1, 0.15) is 28.4 Å². The number of rotatable bonds is 7. The zero-order valence-corrected chi connectivity index (χ0v) is 15.5. The van der Waals surface area contributed by atoms with Gasteiger partial charge >= 0.3 is 0 Å². The molecule has 3 rings (SSSR count). The van der Waals surface area contributed by atoms with Crippen molar-refractivity contribution in [2.75, 3.05) is 0 Å². The molecule has 0 spiro atoms. The lowest BCUT2D eigenvalue weighted by Crippen LogP contribution is -2.25. The number of benzene rings is 3. The minimum atomic E-state index is -1.28. The zero-order chi connectivity index (χ0) is 20.5. The number of amides is 1. The van der Waals surface area contributed by atoms with E-state index in [1.165, 1.54) is 6.21 Å². The topological polar surface area (TPSA) is 94.7 Å². The summed E-state index contributed by atoms with van der Waals surface area (Å²) in [6.45, 7) is 0.296. The highest BCUT2D eigenvalue weighted by Crippen LogP contribution is 2.15. The summed E-state index contributed by atoms with van der Waals surface area (Å²) >= 11 is 0. The van der Waals surface area contributed by atoms with Crippen LogP contribution in [0.25, 0.3) is 0 Å². The molecule has 0 saturated heterocycles. The molecule has 3 aromatic rings. The summed E-state index contributed by atoms with van der Waals surface area (Å²) in [6.07, 6.45) is 0.199. The molecule has 0 aromatic heterocycles. The van der Waals surface area contributed by atoms with Gasteiger partial charge in [-0.1, -0.05) is 48.5 Å². The van der Waals surface area contributed by atoms with Crippen molar-refractivity contribution in [1.29, 1.82) is 5.26 Å². The number of nitriles is 1. The van der Waals surface area contributed by atoms with Crippen molar-refractivity contribution >= 4 is 12.1 Å². The average molecular weight is 385 g/mol. The lowest BCUT2D eigenvalue weighted by Gasteiger charge is -2.09. The van der Waals surface area contributed by atoms with E-state index in [9.17, 15) is 9.90 Å². The number of ether oxygens (including phenoxy) is 1. The lowest BCUT2D eigenvalue weighted by atomic mass is 10.1. The van der Waals surface area contributed by atoms with Crippen molar-refractivity contribution in [3.05, 3.63) is 101 Å². The van der Waals surface area contributed by atoms with Gasteiger partial charge in [0.25, 0.3) is 5.91 Å². The molecule has 0 radical (unpaired) electrons. The van der Waals surface area contributed by atoms with E-state index in [1.807, 2.05) is 24.3 Å². The normalized spacial score (nSPS) is 11.6. The summed E-state index contributed by atoms with van der Waals surface area (Å²) in [5, 5.41) is 23.0. The Morgan fingerprint density at radius 3 is 2.48 bits per heavy atom. The van der Waals surface area contributed by atoms with Gasteiger partial charge < -0.3 is 9.84 Å². The maximum absolute atomic E-state index is 11.9. The molecular weight excluding hydrogens is 366 g/mol. The van der Waals surface area contributed by atoms with Crippen molar-refractivity contribution < 1.29 is 14.6 Å². The van der Waals surface area contributed by atoms with E-state index in [1.54, 1.807) is 54.6 Å². The number of carbonyl (C=O) groups is 1. The molecule has 0 aliphatic heterocycles. The molecule has 6 nitrogen and oxygen atoms in total. The van der Waals surface area contributed by atoms with E-state index in [4.69, 9.17) is 10.00 Å². The number of hydrogen-bond donors (Lipinski definition) is 2. The first kappa shape index (κ1) is 19.8. The fraction of sp³-hybridized carbons (Fsp3) is 0.0870. The number of hydrogen-bond acceptors (Lipinski definition) is 5. The molecule has 1 atom stereocenters. The maximum Gasteiger partial charge on any atom is 0.273 e. The van der Waals surface area contributed by atoms with Crippen LogP contribution in [-0.2, 0) is 11.4 Å². The van der Waals surface area contributed by atoms with Gasteiger partial charge in [-0.2, -0.15) is 10.4 Å². The summed E-state index contributed by atoms with van der Waals surface area (Å²) < 4.78 is 5.71. The monoisotopic (exact) mass is 385 g/mol. The highest BCUT2D eigenvalue weighted by Gasteiger charge is 2.15. The molecule has 0 unspecified atom stereocenters. The summed E-state index contributed by atoms with van der Waals surface area (Å²) in [4.78, 5) is 11.9. The van der Waals surface area contributed by atoms with E-state index in [0.717, 1.165) is 11.1 Å². The molecule has 144 valence electrons. The fourth-order valence-corrected chi connectivity index (χ4v) is 2.58. The number of nitrogens with one attached hydrogen (secondary N) is 1. The van der Waals surface area contributed by atoms with Crippen LogP contribution in [0.5, 0.6) is 5.75 Å². The Labute approximate surface area is 168 Å². The molecule has 2 N–H and O–H groups in total. The van der Waals surface area contributed by atoms with Crippen LogP contribution in [0.3, 0.4) is 0 Å². The molecule has 1 amide bonds. The number of nitrogens with zero attached hydrogens (tertiary/aromatic N) is 2. The predicted molar refractivity (Wildman–Crippen MR) is 109 cm³/mol. The van der Waals surface area contributed by atoms with Crippen LogP contribution < -0.4 is 10.2 Å². The second-order valence-electron chi connectivity index (χ2n) is 6.17. The second-order valence-corrected chi connectivity index (χ2v) is 6.17. The molecular formula is C23H19N3O3. The summed E-state index contributed by atoms with van der Waals surface area (Å²) in [5.41, 5.74) is 4.98. The number of aliphatic hydroxyl groups excluding tert-OH is 1. The van der Waals surface area contributed by atoms with Crippen LogP contribution in [0.2, 0.25) is 0 Å². The van der Waals surface area contributed by atoms with Gasteiger partial charge in [0.2, 0.25) is 0 Å².